The summed E-state index contributed by atoms with van der Waals surface area (Å²) < 4.78 is 26.4. The van der Waals surface area contributed by atoms with Crippen molar-refractivity contribution in [3.05, 3.63) is 72.2 Å². The molecule has 194 valence electrons. The van der Waals surface area contributed by atoms with E-state index in [0.717, 1.165) is 56.1 Å². The molecule has 3 aromatic rings. The van der Waals surface area contributed by atoms with Crippen LogP contribution in [0.25, 0.3) is 11.3 Å². The zero-order chi connectivity index (χ0) is 25.5. The smallest absolute Gasteiger partial charge is 0.227 e. The van der Waals surface area contributed by atoms with E-state index in [9.17, 15) is 4.39 Å². The SMILES string of the molecule is CN1C/C=C/CCOc2cc(F)cc(c2)-c2ccnc(n2)Nc2ccc(OCCN3CCCC3)c(c2)C1. The van der Waals surface area contributed by atoms with E-state index < -0.39 is 0 Å². The van der Waals surface area contributed by atoms with Crippen LogP contribution < -0.4 is 14.8 Å². The van der Waals surface area contributed by atoms with E-state index in [1.165, 1.54) is 25.0 Å². The molecule has 0 unspecified atom stereocenters. The summed E-state index contributed by atoms with van der Waals surface area (Å²) in [5.41, 5.74) is 3.22. The summed E-state index contributed by atoms with van der Waals surface area (Å²) in [6.07, 6.45) is 9.20. The molecule has 0 spiro atoms. The van der Waals surface area contributed by atoms with Crippen LogP contribution in [0.4, 0.5) is 16.0 Å². The first-order valence-corrected chi connectivity index (χ1v) is 13.0. The molecule has 2 aliphatic rings. The highest BCUT2D eigenvalue weighted by atomic mass is 19.1. The van der Waals surface area contributed by atoms with Crippen molar-refractivity contribution in [1.82, 2.24) is 19.8 Å². The van der Waals surface area contributed by atoms with E-state index in [4.69, 9.17) is 9.47 Å². The van der Waals surface area contributed by atoms with Crippen molar-refractivity contribution in [2.45, 2.75) is 25.8 Å². The lowest BCUT2D eigenvalue weighted by molar-refractivity contribution is 0.234. The van der Waals surface area contributed by atoms with Gasteiger partial charge in [0.05, 0.1) is 12.3 Å². The zero-order valence-corrected chi connectivity index (χ0v) is 21.3. The van der Waals surface area contributed by atoms with Crippen molar-refractivity contribution in [2.24, 2.45) is 0 Å². The first-order chi connectivity index (χ1) is 18.1. The number of aromatic nitrogens is 2. The van der Waals surface area contributed by atoms with Crippen molar-refractivity contribution in [2.75, 3.05) is 51.8 Å². The summed E-state index contributed by atoms with van der Waals surface area (Å²) in [4.78, 5) is 13.7. The highest BCUT2D eigenvalue weighted by Crippen LogP contribution is 2.28. The molecule has 3 heterocycles. The summed E-state index contributed by atoms with van der Waals surface area (Å²) in [5, 5.41) is 3.31. The molecule has 0 saturated carbocycles. The summed E-state index contributed by atoms with van der Waals surface area (Å²) in [6, 6.07) is 12.5. The second-order valence-corrected chi connectivity index (χ2v) is 9.59. The van der Waals surface area contributed by atoms with Gasteiger partial charge >= 0.3 is 0 Å². The van der Waals surface area contributed by atoms with Gasteiger partial charge in [-0.3, -0.25) is 9.80 Å². The Kier molecular flexibility index (Phi) is 8.28. The van der Waals surface area contributed by atoms with Crippen LogP contribution in [0.5, 0.6) is 11.5 Å². The Labute approximate surface area is 217 Å². The number of hydrogen-bond donors (Lipinski definition) is 1. The summed E-state index contributed by atoms with van der Waals surface area (Å²) >= 11 is 0. The lowest BCUT2D eigenvalue weighted by Gasteiger charge is -2.20. The van der Waals surface area contributed by atoms with E-state index in [2.05, 4.69) is 50.4 Å². The van der Waals surface area contributed by atoms with E-state index in [1.807, 2.05) is 18.2 Å². The van der Waals surface area contributed by atoms with Crippen LogP contribution in [-0.4, -0.2) is 66.2 Å². The molecular formula is C29H34FN5O2. The normalized spacial score (nSPS) is 17.8. The van der Waals surface area contributed by atoms with Gasteiger partial charge in [0.25, 0.3) is 0 Å². The van der Waals surface area contributed by atoms with Crippen molar-refractivity contribution in [3.63, 3.8) is 0 Å². The molecule has 1 aromatic heterocycles. The van der Waals surface area contributed by atoms with Gasteiger partial charge in [0.15, 0.2) is 0 Å². The predicted molar refractivity (Wildman–Crippen MR) is 144 cm³/mol. The lowest BCUT2D eigenvalue weighted by atomic mass is 10.1. The van der Waals surface area contributed by atoms with Gasteiger partial charge in [-0.25, -0.2) is 14.4 Å². The molecule has 0 radical (unpaired) electrons. The predicted octanol–water partition coefficient (Wildman–Crippen LogP) is 5.27. The number of fused-ring (bicyclic) bond motifs is 7. The van der Waals surface area contributed by atoms with Crippen molar-refractivity contribution >= 4 is 11.6 Å². The van der Waals surface area contributed by atoms with Crippen LogP contribution in [-0.2, 0) is 6.54 Å². The summed E-state index contributed by atoms with van der Waals surface area (Å²) in [5.74, 6) is 1.46. The molecule has 1 fully saturated rings. The minimum absolute atomic E-state index is 0.364. The number of hydrogen-bond acceptors (Lipinski definition) is 7. The third-order valence-corrected chi connectivity index (χ3v) is 6.58. The molecule has 0 amide bonds. The van der Waals surface area contributed by atoms with Gasteiger partial charge in [-0.2, -0.15) is 0 Å². The minimum atomic E-state index is -0.364. The van der Waals surface area contributed by atoms with Gasteiger partial charge in [0, 0.05) is 48.7 Å². The molecule has 1 saturated heterocycles. The first kappa shape index (κ1) is 25.2. The number of rotatable bonds is 4. The fraction of sp³-hybridized carbons (Fsp3) is 0.379. The second kappa shape index (κ2) is 12.2. The fourth-order valence-corrected chi connectivity index (χ4v) is 4.69. The van der Waals surface area contributed by atoms with Gasteiger partial charge < -0.3 is 14.8 Å². The maximum Gasteiger partial charge on any atom is 0.227 e. The van der Waals surface area contributed by atoms with Crippen molar-refractivity contribution in [1.29, 1.82) is 0 Å². The van der Waals surface area contributed by atoms with Crippen molar-refractivity contribution < 1.29 is 13.9 Å². The third-order valence-electron chi connectivity index (χ3n) is 6.58. The number of nitrogens with zero attached hydrogens (tertiary/aromatic N) is 4. The number of ether oxygens (including phenoxy) is 2. The Morgan fingerprint density at radius 1 is 1.08 bits per heavy atom. The molecule has 7 nitrogen and oxygen atoms in total. The standard InChI is InChI=1S/C29H34FN5O2/c1-34-11-3-2-6-15-36-26-19-22(17-24(30)20-26)27-9-10-31-29(33-27)32-25-7-8-28(23(18-25)21-34)37-16-14-35-12-4-5-13-35/h2-3,7-10,17-20H,4-6,11-16,21H2,1H3,(H,31,32,33)/b3-2+. The summed E-state index contributed by atoms with van der Waals surface area (Å²) in [7, 11) is 2.09. The van der Waals surface area contributed by atoms with E-state index in [-0.39, 0.29) is 5.82 Å². The molecule has 5 rings (SSSR count). The molecule has 0 aliphatic carbocycles. The molecule has 0 atom stereocenters. The molecule has 2 aliphatic heterocycles. The second-order valence-electron chi connectivity index (χ2n) is 9.59. The third kappa shape index (κ3) is 7.05. The Morgan fingerprint density at radius 2 is 1.97 bits per heavy atom. The Balaban J connectivity index is 1.41. The van der Waals surface area contributed by atoms with E-state index >= 15 is 0 Å². The van der Waals surface area contributed by atoms with E-state index in [0.29, 0.717) is 36.2 Å². The largest absolute Gasteiger partial charge is 0.493 e. The number of halogens is 1. The van der Waals surface area contributed by atoms with Gasteiger partial charge in [0.1, 0.15) is 23.9 Å². The van der Waals surface area contributed by atoms with E-state index in [1.54, 1.807) is 12.3 Å². The monoisotopic (exact) mass is 503 g/mol. The van der Waals surface area contributed by atoms with Gasteiger partial charge in [-0.1, -0.05) is 12.2 Å². The molecular weight excluding hydrogens is 469 g/mol. The van der Waals surface area contributed by atoms with Crippen LogP contribution in [0.3, 0.4) is 0 Å². The van der Waals surface area contributed by atoms with Crippen LogP contribution in [0.2, 0.25) is 0 Å². The number of benzene rings is 2. The molecule has 6 bridgehead atoms. The highest BCUT2D eigenvalue weighted by molar-refractivity contribution is 5.64. The lowest BCUT2D eigenvalue weighted by Crippen LogP contribution is -2.25. The Bertz CT molecular complexity index is 1230. The average molecular weight is 504 g/mol. The zero-order valence-electron chi connectivity index (χ0n) is 21.3. The maximum atomic E-state index is 14.3. The quantitative estimate of drug-likeness (QED) is 0.487. The summed E-state index contributed by atoms with van der Waals surface area (Å²) in [6.45, 7) is 5.94. The number of anilines is 2. The first-order valence-electron chi connectivity index (χ1n) is 13.0. The maximum absolute atomic E-state index is 14.3. The van der Waals surface area contributed by atoms with Crippen LogP contribution in [0.1, 0.15) is 24.8 Å². The van der Waals surface area contributed by atoms with Gasteiger partial charge in [-0.15, -0.1) is 0 Å². The fourth-order valence-electron chi connectivity index (χ4n) is 4.69. The van der Waals surface area contributed by atoms with Gasteiger partial charge in [0.2, 0.25) is 5.95 Å². The van der Waals surface area contributed by atoms with Gasteiger partial charge in [-0.05, 0) is 75.8 Å². The molecule has 1 N–H and O–H groups in total. The molecule has 2 aromatic carbocycles. The molecule has 8 heteroatoms. The van der Waals surface area contributed by atoms with Crippen molar-refractivity contribution in [3.8, 4) is 22.8 Å². The number of likely N-dealkylation sites (tertiary alicyclic amines) is 1. The average Bonchev–Trinajstić information content (AvgIpc) is 3.40. The van der Waals surface area contributed by atoms with Crippen LogP contribution in [0.15, 0.2) is 60.8 Å². The van der Waals surface area contributed by atoms with Crippen LogP contribution >= 0.6 is 0 Å². The minimum Gasteiger partial charge on any atom is -0.493 e. The Hall–Kier alpha value is -3.49. The Morgan fingerprint density at radius 3 is 2.86 bits per heavy atom. The number of nitrogens with one attached hydrogen (secondary N) is 1. The molecule has 37 heavy (non-hydrogen) atoms. The van der Waals surface area contributed by atoms with Crippen LogP contribution in [0, 0.1) is 5.82 Å². The highest BCUT2D eigenvalue weighted by Gasteiger charge is 2.14. The topological polar surface area (TPSA) is 62.8 Å². The number of likely N-dealkylation sites (N-methyl/N-ethyl adjacent to an activating group) is 1.